The second-order valence-electron chi connectivity index (χ2n) is 5.01. The fourth-order valence-electron chi connectivity index (χ4n) is 2.14. The number of piperazine rings is 1. The van der Waals surface area contributed by atoms with Gasteiger partial charge in [0.1, 0.15) is 0 Å². The van der Waals surface area contributed by atoms with Gasteiger partial charge in [0.2, 0.25) is 10.0 Å². The summed E-state index contributed by atoms with van der Waals surface area (Å²) in [6.45, 7) is 7.47. The molecule has 0 amide bonds. The predicted octanol–water partition coefficient (Wildman–Crippen LogP) is 0.783. The van der Waals surface area contributed by atoms with Crippen LogP contribution in [0.2, 0.25) is 0 Å². The molecular weight excluding hydrogens is 262 g/mol. The lowest BCUT2D eigenvalue weighted by Crippen LogP contribution is -2.43. The van der Waals surface area contributed by atoms with Crippen molar-refractivity contribution < 1.29 is 8.42 Å². The van der Waals surface area contributed by atoms with Gasteiger partial charge >= 0.3 is 0 Å². The van der Waals surface area contributed by atoms with Crippen LogP contribution in [-0.4, -0.2) is 40.6 Å². The van der Waals surface area contributed by atoms with E-state index in [1.807, 2.05) is 26.0 Å². The summed E-state index contributed by atoms with van der Waals surface area (Å²) < 4.78 is 26.6. The summed E-state index contributed by atoms with van der Waals surface area (Å²) >= 11 is 0. The molecule has 0 radical (unpaired) electrons. The summed E-state index contributed by atoms with van der Waals surface area (Å²) in [5, 5.41) is 3.29. The molecule has 0 aromatic heterocycles. The van der Waals surface area contributed by atoms with Gasteiger partial charge in [0.05, 0.1) is 4.90 Å². The van der Waals surface area contributed by atoms with Crippen molar-refractivity contribution in [1.29, 1.82) is 0 Å². The number of nitrogens with zero attached hydrogens (tertiary/aromatic N) is 1. The number of nitrogens with one attached hydrogen (secondary N) is 2. The minimum atomic E-state index is -3.39. The van der Waals surface area contributed by atoms with Crippen molar-refractivity contribution in [3.8, 4) is 0 Å². The van der Waals surface area contributed by atoms with Gasteiger partial charge in [-0.3, -0.25) is 0 Å². The molecule has 2 rings (SSSR count). The number of hydrogen-bond acceptors (Lipinski definition) is 4. The normalized spacial score (nSPS) is 16.9. The summed E-state index contributed by atoms with van der Waals surface area (Å²) in [6.07, 6.45) is 0. The molecule has 0 spiro atoms. The molecule has 19 heavy (non-hydrogen) atoms. The highest BCUT2D eigenvalue weighted by Gasteiger charge is 2.16. The van der Waals surface area contributed by atoms with Gasteiger partial charge in [-0.25, -0.2) is 13.1 Å². The monoisotopic (exact) mass is 283 g/mol. The standard InChI is InChI=1S/C13H21N3O2S/c1-11(2)15-19(17,18)13-5-3-12(4-6-13)16-9-7-14-8-10-16/h3-6,11,14-15H,7-10H2,1-2H3. The Hall–Kier alpha value is -1.11. The Bertz CT molecular complexity index is 505. The number of rotatable bonds is 4. The number of anilines is 1. The highest BCUT2D eigenvalue weighted by Crippen LogP contribution is 2.18. The molecule has 1 aromatic rings. The maximum absolute atomic E-state index is 12.0. The lowest BCUT2D eigenvalue weighted by Gasteiger charge is -2.29. The van der Waals surface area contributed by atoms with Crippen molar-refractivity contribution in [3.63, 3.8) is 0 Å². The highest BCUT2D eigenvalue weighted by molar-refractivity contribution is 7.89. The molecule has 0 bridgehead atoms. The van der Waals surface area contributed by atoms with Crippen LogP contribution < -0.4 is 14.9 Å². The maximum Gasteiger partial charge on any atom is 0.240 e. The van der Waals surface area contributed by atoms with E-state index in [-0.39, 0.29) is 6.04 Å². The first-order chi connectivity index (χ1) is 8.99. The number of benzene rings is 1. The van der Waals surface area contributed by atoms with Crippen LogP contribution in [0.1, 0.15) is 13.8 Å². The topological polar surface area (TPSA) is 61.4 Å². The van der Waals surface area contributed by atoms with Crippen LogP contribution in [0.4, 0.5) is 5.69 Å². The molecule has 0 aliphatic carbocycles. The van der Waals surface area contributed by atoms with Crippen LogP contribution in [-0.2, 0) is 10.0 Å². The van der Waals surface area contributed by atoms with Gasteiger partial charge in [-0.15, -0.1) is 0 Å². The first kappa shape index (κ1) is 14.3. The summed E-state index contributed by atoms with van der Waals surface area (Å²) in [5.41, 5.74) is 1.07. The van der Waals surface area contributed by atoms with Crippen LogP contribution >= 0.6 is 0 Å². The summed E-state index contributed by atoms with van der Waals surface area (Å²) in [4.78, 5) is 2.57. The Labute approximate surface area is 115 Å². The van der Waals surface area contributed by atoms with E-state index in [4.69, 9.17) is 0 Å². The van der Waals surface area contributed by atoms with Gasteiger partial charge in [-0.05, 0) is 38.1 Å². The Kier molecular flexibility index (Phi) is 4.44. The molecule has 1 aliphatic heterocycles. The van der Waals surface area contributed by atoms with Crippen LogP contribution in [0.3, 0.4) is 0 Å². The van der Waals surface area contributed by atoms with E-state index in [0.717, 1.165) is 31.9 Å². The van der Waals surface area contributed by atoms with Crippen molar-refractivity contribution in [3.05, 3.63) is 24.3 Å². The Morgan fingerprint density at radius 3 is 2.26 bits per heavy atom. The highest BCUT2D eigenvalue weighted by atomic mass is 32.2. The third-order valence-electron chi connectivity index (χ3n) is 3.02. The molecular formula is C13H21N3O2S. The largest absolute Gasteiger partial charge is 0.369 e. The van der Waals surface area contributed by atoms with E-state index in [0.29, 0.717) is 4.90 Å². The van der Waals surface area contributed by atoms with Gasteiger partial charge in [-0.1, -0.05) is 0 Å². The van der Waals surface area contributed by atoms with Crippen molar-refractivity contribution in [2.75, 3.05) is 31.1 Å². The van der Waals surface area contributed by atoms with Crippen molar-refractivity contribution in [1.82, 2.24) is 10.0 Å². The van der Waals surface area contributed by atoms with Crippen LogP contribution in [0.25, 0.3) is 0 Å². The predicted molar refractivity (Wildman–Crippen MR) is 77.0 cm³/mol. The van der Waals surface area contributed by atoms with Gasteiger partial charge in [0.25, 0.3) is 0 Å². The molecule has 106 valence electrons. The minimum absolute atomic E-state index is 0.0992. The third kappa shape index (κ3) is 3.68. The van der Waals surface area contributed by atoms with E-state index in [1.54, 1.807) is 12.1 Å². The minimum Gasteiger partial charge on any atom is -0.369 e. The fraction of sp³-hybridized carbons (Fsp3) is 0.538. The number of hydrogen-bond donors (Lipinski definition) is 2. The van der Waals surface area contributed by atoms with Gasteiger partial charge in [0.15, 0.2) is 0 Å². The zero-order valence-corrected chi connectivity index (χ0v) is 12.2. The molecule has 1 aliphatic rings. The zero-order chi connectivity index (χ0) is 13.9. The molecule has 1 heterocycles. The van der Waals surface area contributed by atoms with E-state index in [9.17, 15) is 8.42 Å². The van der Waals surface area contributed by atoms with Crippen LogP contribution in [0, 0.1) is 0 Å². The van der Waals surface area contributed by atoms with Crippen molar-refractivity contribution in [2.24, 2.45) is 0 Å². The zero-order valence-electron chi connectivity index (χ0n) is 11.4. The molecule has 1 aromatic carbocycles. The number of sulfonamides is 1. The van der Waals surface area contributed by atoms with Crippen LogP contribution in [0.15, 0.2) is 29.2 Å². The first-order valence-electron chi connectivity index (χ1n) is 6.57. The summed E-state index contributed by atoms with van der Waals surface area (Å²) in [6, 6.07) is 6.99. The Morgan fingerprint density at radius 2 is 1.74 bits per heavy atom. The van der Waals surface area contributed by atoms with E-state index in [1.165, 1.54) is 0 Å². The van der Waals surface area contributed by atoms with Crippen molar-refractivity contribution >= 4 is 15.7 Å². The van der Waals surface area contributed by atoms with Gasteiger partial charge in [-0.2, -0.15) is 0 Å². The summed E-state index contributed by atoms with van der Waals surface area (Å²) in [7, 11) is -3.39. The molecule has 1 fully saturated rings. The van der Waals surface area contributed by atoms with E-state index in [2.05, 4.69) is 14.9 Å². The average molecular weight is 283 g/mol. The second kappa shape index (κ2) is 5.90. The van der Waals surface area contributed by atoms with E-state index >= 15 is 0 Å². The molecule has 0 unspecified atom stereocenters. The first-order valence-corrected chi connectivity index (χ1v) is 8.05. The SMILES string of the molecule is CC(C)NS(=O)(=O)c1ccc(N2CCNCC2)cc1. The molecule has 1 saturated heterocycles. The summed E-state index contributed by atoms with van der Waals surface area (Å²) in [5.74, 6) is 0. The average Bonchev–Trinajstić information content (AvgIpc) is 2.38. The third-order valence-corrected chi connectivity index (χ3v) is 4.69. The van der Waals surface area contributed by atoms with E-state index < -0.39 is 10.0 Å². The molecule has 0 saturated carbocycles. The van der Waals surface area contributed by atoms with Gasteiger partial charge in [0, 0.05) is 37.9 Å². The maximum atomic E-state index is 12.0. The quantitative estimate of drug-likeness (QED) is 0.857. The lowest BCUT2D eigenvalue weighted by atomic mass is 10.2. The molecule has 0 atom stereocenters. The molecule has 6 heteroatoms. The Morgan fingerprint density at radius 1 is 1.16 bits per heavy atom. The van der Waals surface area contributed by atoms with Crippen molar-refractivity contribution in [2.45, 2.75) is 24.8 Å². The van der Waals surface area contributed by atoms with Gasteiger partial charge < -0.3 is 10.2 Å². The second-order valence-corrected chi connectivity index (χ2v) is 6.72. The smallest absolute Gasteiger partial charge is 0.240 e. The lowest BCUT2D eigenvalue weighted by molar-refractivity contribution is 0.569. The molecule has 2 N–H and O–H groups in total. The molecule has 5 nitrogen and oxygen atoms in total. The fourth-order valence-corrected chi connectivity index (χ4v) is 3.39. The Balaban J connectivity index is 2.13. The van der Waals surface area contributed by atoms with Crippen LogP contribution in [0.5, 0.6) is 0 Å².